The molecule has 0 aliphatic rings. The molecule has 3 N–H and O–H groups in total. The summed E-state index contributed by atoms with van der Waals surface area (Å²) in [4.78, 5) is 3.49. The van der Waals surface area contributed by atoms with Crippen LogP contribution in [0.5, 0.6) is 0 Å². The molecule has 142 valence electrons. The van der Waals surface area contributed by atoms with Gasteiger partial charge in [0.15, 0.2) is 0 Å². The average molecular weight is 449 g/mol. The van der Waals surface area contributed by atoms with Crippen molar-refractivity contribution in [3.05, 3.63) is 69.2 Å². The number of fused-ring (bicyclic) bond motifs is 3. The van der Waals surface area contributed by atoms with Crippen LogP contribution in [-0.4, -0.2) is 17.0 Å². The third-order valence-electron chi connectivity index (χ3n) is 4.59. The molecular formula is C21H16Cl3N3S. The summed E-state index contributed by atoms with van der Waals surface area (Å²) in [5, 5.41) is 10.4. The van der Waals surface area contributed by atoms with Gasteiger partial charge < -0.3 is 15.6 Å². The van der Waals surface area contributed by atoms with E-state index in [1.165, 1.54) is 11.1 Å². The van der Waals surface area contributed by atoms with Crippen molar-refractivity contribution in [1.29, 1.82) is 0 Å². The molecule has 3 nitrogen and oxygen atoms in total. The maximum atomic E-state index is 6.27. The lowest BCUT2D eigenvalue weighted by Gasteiger charge is -2.11. The van der Waals surface area contributed by atoms with Crippen molar-refractivity contribution in [2.75, 3.05) is 11.9 Å². The van der Waals surface area contributed by atoms with E-state index >= 15 is 0 Å². The van der Waals surface area contributed by atoms with Gasteiger partial charge in [-0.25, -0.2) is 0 Å². The van der Waals surface area contributed by atoms with Crippen molar-refractivity contribution in [2.45, 2.75) is 6.42 Å². The second-order valence-electron chi connectivity index (χ2n) is 6.45. The van der Waals surface area contributed by atoms with Crippen LogP contribution in [0.1, 0.15) is 5.56 Å². The van der Waals surface area contributed by atoms with Crippen molar-refractivity contribution in [1.82, 2.24) is 10.3 Å². The zero-order chi connectivity index (χ0) is 19.7. The highest BCUT2D eigenvalue weighted by atomic mass is 35.5. The van der Waals surface area contributed by atoms with Crippen LogP contribution in [0.2, 0.25) is 15.1 Å². The Kier molecular flexibility index (Phi) is 5.65. The van der Waals surface area contributed by atoms with Crippen LogP contribution in [0.25, 0.3) is 21.8 Å². The number of aromatic nitrogens is 1. The number of benzene rings is 3. The summed E-state index contributed by atoms with van der Waals surface area (Å²) in [7, 11) is 0. The van der Waals surface area contributed by atoms with E-state index in [-0.39, 0.29) is 0 Å². The number of rotatable bonds is 6. The van der Waals surface area contributed by atoms with Crippen molar-refractivity contribution >= 4 is 85.7 Å². The Morgan fingerprint density at radius 3 is 2.39 bits per heavy atom. The molecule has 0 unspecified atom stereocenters. The molecule has 0 radical (unpaired) electrons. The first-order valence-electron chi connectivity index (χ1n) is 8.68. The van der Waals surface area contributed by atoms with Crippen LogP contribution in [0.3, 0.4) is 0 Å². The van der Waals surface area contributed by atoms with Gasteiger partial charge in [0.1, 0.15) is 0 Å². The number of hydrogen-bond acceptors (Lipinski definition) is 2. The molecule has 3 aromatic carbocycles. The van der Waals surface area contributed by atoms with Gasteiger partial charge in [0.05, 0.1) is 15.5 Å². The third kappa shape index (κ3) is 3.91. The zero-order valence-corrected chi connectivity index (χ0v) is 17.7. The maximum absolute atomic E-state index is 6.27. The van der Waals surface area contributed by atoms with E-state index in [2.05, 4.69) is 27.8 Å². The van der Waals surface area contributed by atoms with E-state index in [0.717, 1.165) is 46.1 Å². The lowest BCUT2D eigenvalue weighted by atomic mass is 10.0. The van der Waals surface area contributed by atoms with Crippen LogP contribution in [0.4, 0.5) is 11.4 Å². The molecule has 0 aliphatic heterocycles. The van der Waals surface area contributed by atoms with Crippen LogP contribution < -0.4 is 10.6 Å². The molecule has 0 saturated carbocycles. The van der Waals surface area contributed by atoms with Gasteiger partial charge in [0.25, 0.3) is 0 Å². The summed E-state index contributed by atoms with van der Waals surface area (Å²) in [6.45, 7) is 0.750. The Bertz CT molecular complexity index is 1170. The van der Waals surface area contributed by atoms with Gasteiger partial charge in [0.2, 0.25) is 0 Å². The van der Waals surface area contributed by atoms with E-state index in [1.54, 1.807) is 0 Å². The van der Waals surface area contributed by atoms with Gasteiger partial charge in [-0.3, -0.25) is 0 Å². The van der Waals surface area contributed by atoms with Crippen LogP contribution in [0, 0.1) is 0 Å². The van der Waals surface area contributed by atoms with E-state index in [1.807, 2.05) is 36.4 Å². The summed E-state index contributed by atoms with van der Waals surface area (Å²) in [5.41, 5.74) is 6.68. The molecule has 4 aromatic rings. The predicted octanol–water partition coefficient (Wildman–Crippen LogP) is 7.11. The molecule has 0 atom stereocenters. The number of thiocarbonyl (C=S) groups is 1. The van der Waals surface area contributed by atoms with E-state index in [0.29, 0.717) is 15.1 Å². The smallest absolute Gasteiger partial charge is 0.0614 e. The number of nitrogens with one attached hydrogen (secondary N) is 3. The monoisotopic (exact) mass is 447 g/mol. The quantitative estimate of drug-likeness (QED) is 0.217. The van der Waals surface area contributed by atoms with Gasteiger partial charge in [-0.05, 0) is 60.5 Å². The van der Waals surface area contributed by atoms with Crippen molar-refractivity contribution in [3.8, 4) is 0 Å². The molecule has 1 heterocycles. The van der Waals surface area contributed by atoms with Crippen molar-refractivity contribution in [3.63, 3.8) is 0 Å². The first kappa shape index (κ1) is 19.3. The highest BCUT2D eigenvalue weighted by Crippen LogP contribution is 2.36. The zero-order valence-electron chi connectivity index (χ0n) is 14.7. The first-order valence-corrected chi connectivity index (χ1v) is 10.3. The largest absolute Gasteiger partial charge is 0.382 e. The number of H-pyrrole nitrogens is 1. The van der Waals surface area contributed by atoms with Gasteiger partial charge >= 0.3 is 0 Å². The maximum Gasteiger partial charge on any atom is 0.0614 e. The molecule has 0 amide bonds. The lowest BCUT2D eigenvalue weighted by molar-refractivity contribution is 0.890. The fourth-order valence-electron chi connectivity index (χ4n) is 3.30. The number of halogens is 3. The Morgan fingerprint density at radius 1 is 0.893 bits per heavy atom. The fraction of sp³-hybridized carbons (Fsp3) is 0.0952. The number of anilines is 2. The predicted molar refractivity (Wildman–Crippen MR) is 126 cm³/mol. The second-order valence-corrected chi connectivity index (χ2v) is 7.94. The lowest BCUT2D eigenvalue weighted by Crippen LogP contribution is -2.13. The van der Waals surface area contributed by atoms with Gasteiger partial charge in [-0.2, -0.15) is 0 Å². The Balaban J connectivity index is 1.84. The molecule has 28 heavy (non-hydrogen) atoms. The molecule has 7 heteroatoms. The Morgan fingerprint density at radius 2 is 1.64 bits per heavy atom. The summed E-state index contributed by atoms with van der Waals surface area (Å²) < 4.78 is 0. The molecule has 0 fully saturated rings. The summed E-state index contributed by atoms with van der Waals surface area (Å²) in [6, 6.07) is 15.6. The minimum Gasteiger partial charge on any atom is -0.382 e. The first-order chi connectivity index (χ1) is 13.5. The molecule has 4 rings (SSSR count). The topological polar surface area (TPSA) is 39.8 Å². The summed E-state index contributed by atoms with van der Waals surface area (Å²) in [5.74, 6) is 0. The summed E-state index contributed by atoms with van der Waals surface area (Å²) >= 11 is 23.3. The second kappa shape index (κ2) is 8.18. The van der Waals surface area contributed by atoms with E-state index < -0.39 is 0 Å². The SMILES string of the molecule is S=CNCCc1cc(Nc2ccc(Cl)cc2)cc2c1[nH]c1cc(Cl)c(Cl)cc12. The normalized spacial score (nSPS) is 11.1. The van der Waals surface area contributed by atoms with Gasteiger partial charge in [-0.15, -0.1) is 0 Å². The van der Waals surface area contributed by atoms with Crippen LogP contribution >= 0.6 is 47.0 Å². The highest BCUT2D eigenvalue weighted by molar-refractivity contribution is 7.78. The molecular weight excluding hydrogens is 433 g/mol. The van der Waals surface area contributed by atoms with Crippen LogP contribution in [-0.2, 0) is 6.42 Å². The molecule has 1 aromatic heterocycles. The van der Waals surface area contributed by atoms with E-state index in [4.69, 9.17) is 47.0 Å². The minimum absolute atomic E-state index is 0.532. The van der Waals surface area contributed by atoms with Gasteiger partial charge in [-0.1, -0.05) is 47.0 Å². The van der Waals surface area contributed by atoms with Gasteiger partial charge in [0, 0.05) is 44.7 Å². The molecule has 0 spiro atoms. The molecule has 0 bridgehead atoms. The number of aromatic amines is 1. The Hall–Kier alpha value is -1.98. The highest BCUT2D eigenvalue weighted by Gasteiger charge is 2.13. The number of hydrogen-bond donors (Lipinski definition) is 3. The van der Waals surface area contributed by atoms with Crippen LogP contribution in [0.15, 0.2) is 48.5 Å². The molecule has 0 aliphatic carbocycles. The minimum atomic E-state index is 0.532. The van der Waals surface area contributed by atoms with Crippen molar-refractivity contribution < 1.29 is 0 Å². The average Bonchev–Trinajstić information content (AvgIpc) is 3.02. The molecule has 0 saturated heterocycles. The third-order valence-corrected chi connectivity index (χ3v) is 5.73. The summed E-state index contributed by atoms with van der Waals surface area (Å²) in [6.07, 6.45) is 0.814. The van der Waals surface area contributed by atoms with Crippen molar-refractivity contribution in [2.24, 2.45) is 0 Å². The standard InChI is InChI=1S/C21H16Cl3N3S/c22-13-1-3-14(4-2-13)26-15-7-12(5-6-25-11-28)21-17(8-15)16-9-18(23)19(24)10-20(16)27-21/h1-4,7-11,26-27H,5-6H2,(H,25,28). The Labute approximate surface area is 183 Å². The fourth-order valence-corrected chi connectivity index (χ4v) is 3.88. The van der Waals surface area contributed by atoms with E-state index in [9.17, 15) is 0 Å².